The van der Waals surface area contributed by atoms with E-state index in [1.165, 1.54) is 44.9 Å². The van der Waals surface area contributed by atoms with Crippen molar-refractivity contribution < 1.29 is 15.0 Å². The van der Waals surface area contributed by atoms with Crippen LogP contribution in [0.3, 0.4) is 0 Å². The fourth-order valence-corrected chi connectivity index (χ4v) is 5.80. The van der Waals surface area contributed by atoms with E-state index in [1.807, 2.05) is 0 Å². The Hall–Kier alpha value is -0.870. The standard InChI is InChI=1S/C26H47NO3/c1-4-5-6-7-8-11-14-21(28)19-27-24-18-20-17-23(26(20,2)3)22(24)15-12-9-10-13-16-25(29)30/h9,12,20-24,27-28H,4-8,10-11,13-19H2,1-3H3,(H,29,30)/b12-9-/t20-,21?,22-,23+,24?/m0/s1. The second-order valence-corrected chi connectivity index (χ2v) is 10.5. The molecule has 30 heavy (non-hydrogen) atoms. The first-order valence-electron chi connectivity index (χ1n) is 12.6. The average molecular weight is 422 g/mol. The highest BCUT2D eigenvalue weighted by molar-refractivity contribution is 5.66. The molecular weight excluding hydrogens is 374 g/mol. The van der Waals surface area contributed by atoms with E-state index in [9.17, 15) is 9.90 Å². The third kappa shape index (κ3) is 7.67. The van der Waals surface area contributed by atoms with Crippen LogP contribution in [0, 0.1) is 23.2 Å². The number of carbonyl (C=O) groups is 1. The fourth-order valence-electron chi connectivity index (χ4n) is 5.80. The zero-order valence-corrected chi connectivity index (χ0v) is 19.7. The number of rotatable bonds is 16. The summed E-state index contributed by atoms with van der Waals surface area (Å²) in [6.07, 6.45) is 18.2. The average Bonchev–Trinajstić information content (AvgIpc) is 2.71. The van der Waals surface area contributed by atoms with Crippen molar-refractivity contribution in [3.8, 4) is 0 Å². The second kappa shape index (κ2) is 12.9. The van der Waals surface area contributed by atoms with Gasteiger partial charge in [0.2, 0.25) is 0 Å². The van der Waals surface area contributed by atoms with Gasteiger partial charge in [-0.15, -0.1) is 0 Å². The highest BCUT2D eigenvalue weighted by Crippen LogP contribution is 2.62. The molecule has 0 aliphatic heterocycles. The minimum atomic E-state index is -0.707. The van der Waals surface area contributed by atoms with Crippen LogP contribution in [-0.4, -0.2) is 34.9 Å². The van der Waals surface area contributed by atoms with Gasteiger partial charge in [-0.05, 0) is 61.7 Å². The summed E-state index contributed by atoms with van der Waals surface area (Å²) in [5.74, 6) is 1.49. The number of carboxylic acid groups (broad SMARTS) is 1. The van der Waals surface area contributed by atoms with Crippen LogP contribution in [0.5, 0.6) is 0 Å². The van der Waals surface area contributed by atoms with Crippen LogP contribution in [0.15, 0.2) is 12.2 Å². The monoisotopic (exact) mass is 421 g/mol. The predicted octanol–water partition coefficient (Wildman–Crippen LogP) is 5.94. The number of unbranched alkanes of at least 4 members (excludes halogenated alkanes) is 6. The summed E-state index contributed by atoms with van der Waals surface area (Å²) in [7, 11) is 0. The maximum atomic E-state index is 10.6. The summed E-state index contributed by atoms with van der Waals surface area (Å²) >= 11 is 0. The molecule has 3 aliphatic carbocycles. The van der Waals surface area contributed by atoms with Gasteiger partial charge in [-0.1, -0.05) is 71.4 Å². The Morgan fingerprint density at radius 1 is 1.10 bits per heavy atom. The summed E-state index contributed by atoms with van der Waals surface area (Å²) in [4.78, 5) is 10.6. The lowest BCUT2D eigenvalue weighted by Crippen LogP contribution is -2.61. The maximum absolute atomic E-state index is 10.6. The van der Waals surface area contributed by atoms with E-state index in [0.717, 1.165) is 50.5 Å². The van der Waals surface area contributed by atoms with Crippen LogP contribution in [0.1, 0.15) is 104 Å². The van der Waals surface area contributed by atoms with Gasteiger partial charge in [0.25, 0.3) is 0 Å². The van der Waals surface area contributed by atoms with Gasteiger partial charge >= 0.3 is 5.97 Å². The summed E-state index contributed by atoms with van der Waals surface area (Å²) in [5, 5.41) is 22.9. The molecule has 2 bridgehead atoms. The van der Waals surface area contributed by atoms with E-state index in [4.69, 9.17) is 5.11 Å². The van der Waals surface area contributed by atoms with Crippen LogP contribution in [0.4, 0.5) is 0 Å². The number of aliphatic hydroxyl groups excluding tert-OH is 1. The number of hydrogen-bond acceptors (Lipinski definition) is 3. The van der Waals surface area contributed by atoms with E-state index >= 15 is 0 Å². The fraction of sp³-hybridized carbons (Fsp3) is 0.885. The lowest BCUT2D eigenvalue weighted by Gasteiger charge is -2.63. The largest absolute Gasteiger partial charge is 0.481 e. The Labute approximate surface area is 184 Å². The van der Waals surface area contributed by atoms with Gasteiger partial charge in [0.1, 0.15) is 0 Å². The maximum Gasteiger partial charge on any atom is 0.303 e. The second-order valence-electron chi connectivity index (χ2n) is 10.5. The summed E-state index contributed by atoms with van der Waals surface area (Å²) in [6, 6.07) is 0.504. The van der Waals surface area contributed by atoms with Crippen LogP contribution in [-0.2, 0) is 4.79 Å². The highest BCUT2D eigenvalue weighted by Gasteiger charge is 2.56. The minimum Gasteiger partial charge on any atom is -0.481 e. The van der Waals surface area contributed by atoms with Gasteiger partial charge in [0.05, 0.1) is 6.10 Å². The van der Waals surface area contributed by atoms with Crippen molar-refractivity contribution in [1.29, 1.82) is 0 Å². The molecule has 2 unspecified atom stereocenters. The highest BCUT2D eigenvalue weighted by atomic mass is 16.4. The van der Waals surface area contributed by atoms with Crippen LogP contribution < -0.4 is 5.32 Å². The molecule has 0 aromatic rings. The first kappa shape index (κ1) is 25.4. The summed E-state index contributed by atoms with van der Waals surface area (Å²) < 4.78 is 0. The van der Waals surface area contributed by atoms with Crippen molar-refractivity contribution in [2.45, 2.75) is 116 Å². The van der Waals surface area contributed by atoms with Crippen molar-refractivity contribution in [2.24, 2.45) is 23.2 Å². The molecule has 3 aliphatic rings. The van der Waals surface area contributed by atoms with Crippen molar-refractivity contribution in [1.82, 2.24) is 5.32 Å². The molecule has 3 saturated carbocycles. The molecule has 0 saturated heterocycles. The predicted molar refractivity (Wildman–Crippen MR) is 125 cm³/mol. The Morgan fingerprint density at radius 2 is 1.83 bits per heavy atom. The molecular formula is C26H47NO3. The summed E-state index contributed by atoms with van der Waals surface area (Å²) in [5.41, 5.74) is 0.442. The van der Waals surface area contributed by atoms with Crippen LogP contribution in [0.2, 0.25) is 0 Å². The molecule has 4 nitrogen and oxygen atoms in total. The zero-order chi connectivity index (χ0) is 22.0. The van der Waals surface area contributed by atoms with Crippen molar-refractivity contribution in [3.63, 3.8) is 0 Å². The first-order chi connectivity index (χ1) is 14.4. The molecule has 4 heteroatoms. The number of aliphatic hydroxyl groups is 1. The van der Waals surface area contributed by atoms with Crippen LogP contribution >= 0.6 is 0 Å². The molecule has 174 valence electrons. The molecule has 0 spiro atoms. The number of aliphatic carboxylic acids is 1. The van der Waals surface area contributed by atoms with E-state index in [2.05, 4.69) is 38.2 Å². The van der Waals surface area contributed by atoms with Crippen molar-refractivity contribution >= 4 is 5.97 Å². The van der Waals surface area contributed by atoms with E-state index < -0.39 is 5.97 Å². The van der Waals surface area contributed by atoms with Gasteiger partial charge in [0.15, 0.2) is 0 Å². The normalized spacial score (nSPS) is 28.4. The number of hydrogen-bond donors (Lipinski definition) is 3. The van der Waals surface area contributed by atoms with Crippen molar-refractivity contribution in [2.75, 3.05) is 6.54 Å². The molecule has 0 heterocycles. The zero-order valence-electron chi connectivity index (χ0n) is 19.7. The van der Waals surface area contributed by atoms with Gasteiger partial charge in [0, 0.05) is 19.0 Å². The third-order valence-electron chi connectivity index (χ3n) is 7.96. The van der Waals surface area contributed by atoms with Crippen LogP contribution in [0.25, 0.3) is 0 Å². The lowest BCUT2D eigenvalue weighted by atomic mass is 9.44. The molecule has 3 fully saturated rings. The van der Waals surface area contributed by atoms with E-state index in [0.29, 0.717) is 17.4 Å². The topological polar surface area (TPSA) is 69.6 Å². The van der Waals surface area contributed by atoms with Gasteiger partial charge < -0.3 is 15.5 Å². The molecule has 0 amide bonds. The van der Waals surface area contributed by atoms with Crippen molar-refractivity contribution in [3.05, 3.63) is 12.2 Å². The first-order valence-corrected chi connectivity index (χ1v) is 12.6. The number of carboxylic acids is 1. The van der Waals surface area contributed by atoms with Gasteiger partial charge in [-0.2, -0.15) is 0 Å². The Bertz CT molecular complexity index is 530. The molecule has 3 N–H and O–H groups in total. The number of fused-ring (bicyclic) bond motifs is 2. The molecule has 0 aromatic carbocycles. The number of allylic oxidation sites excluding steroid dienone is 2. The van der Waals surface area contributed by atoms with Gasteiger partial charge in [-0.25, -0.2) is 0 Å². The van der Waals surface area contributed by atoms with E-state index in [1.54, 1.807) is 0 Å². The SMILES string of the molecule is CCCCCCCCC(O)CNC1C[C@@H]2C[C@H]([C@@H]1C/C=C\CCCC(=O)O)C2(C)C. The Balaban J connectivity index is 1.73. The summed E-state index contributed by atoms with van der Waals surface area (Å²) in [6.45, 7) is 7.82. The molecule has 0 radical (unpaired) electrons. The Morgan fingerprint density at radius 3 is 2.53 bits per heavy atom. The third-order valence-corrected chi connectivity index (χ3v) is 7.96. The van der Waals surface area contributed by atoms with Gasteiger partial charge in [-0.3, -0.25) is 4.79 Å². The van der Waals surface area contributed by atoms with E-state index in [-0.39, 0.29) is 12.5 Å². The molecule has 3 rings (SSSR count). The number of nitrogens with one attached hydrogen (secondary N) is 1. The molecule has 0 aromatic heterocycles. The Kier molecular flexibility index (Phi) is 10.9. The smallest absolute Gasteiger partial charge is 0.303 e. The lowest BCUT2D eigenvalue weighted by molar-refractivity contribution is -0.137. The minimum absolute atomic E-state index is 0.227. The quantitative estimate of drug-likeness (QED) is 0.213. The molecule has 5 atom stereocenters.